The largest absolute Gasteiger partial charge is 0.459 e. The van der Waals surface area contributed by atoms with Crippen molar-refractivity contribution in [2.45, 2.75) is 76.2 Å². The van der Waals surface area contributed by atoms with Crippen LogP contribution in [0.1, 0.15) is 58.3 Å². The fourth-order valence-corrected chi connectivity index (χ4v) is 4.49. The number of ether oxygens (including phenoxy) is 2. The van der Waals surface area contributed by atoms with Crippen LogP contribution in [-0.4, -0.2) is 48.5 Å². The predicted octanol–water partition coefficient (Wildman–Crippen LogP) is 3.03. The molecule has 0 bridgehead atoms. The molecule has 3 unspecified atom stereocenters. The molecule has 0 aliphatic heterocycles. The van der Waals surface area contributed by atoms with E-state index in [1.54, 1.807) is 6.92 Å². The van der Waals surface area contributed by atoms with Crippen molar-refractivity contribution >= 4 is 22.1 Å². The molecule has 11 heteroatoms. The van der Waals surface area contributed by atoms with E-state index in [1.807, 2.05) is 0 Å². The quantitative estimate of drug-likeness (QED) is 0.510. The number of alkyl halides is 3. The topological polar surface area (TPSA) is 107 Å². The van der Waals surface area contributed by atoms with Gasteiger partial charge in [-0.15, -0.1) is 0 Å². The van der Waals surface area contributed by atoms with Gasteiger partial charge in [-0.25, -0.2) is 0 Å². The van der Waals surface area contributed by atoms with Crippen LogP contribution in [-0.2, 0) is 29.2 Å². The van der Waals surface area contributed by atoms with Gasteiger partial charge in [-0.3, -0.25) is 14.1 Å². The third-order valence-electron chi connectivity index (χ3n) is 5.37. The van der Waals surface area contributed by atoms with E-state index >= 15 is 0 Å². The van der Waals surface area contributed by atoms with Gasteiger partial charge in [-0.1, -0.05) is 12.8 Å². The minimum absolute atomic E-state index is 0.145. The van der Waals surface area contributed by atoms with Gasteiger partial charge < -0.3 is 9.47 Å². The molecule has 0 radical (unpaired) electrons. The normalized spacial score (nSPS) is 26.5. The zero-order valence-corrected chi connectivity index (χ0v) is 16.4. The molecule has 0 aromatic heterocycles. The van der Waals surface area contributed by atoms with Crippen LogP contribution < -0.4 is 0 Å². The van der Waals surface area contributed by atoms with E-state index in [1.165, 1.54) is 0 Å². The number of rotatable bonds is 6. The first kappa shape index (κ1) is 22.9. The Morgan fingerprint density at radius 1 is 1.07 bits per heavy atom. The maximum Gasteiger partial charge on any atom is 0.426 e. The summed E-state index contributed by atoms with van der Waals surface area (Å²) in [5.41, 5.74) is -0.636. The van der Waals surface area contributed by atoms with Gasteiger partial charge in [-0.2, -0.15) is 21.6 Å². The first-order valence-corrected chi connectivity index (χ1v) is 10.9. The second-order valence-corrected chi connectivity index (χ2v) is 9.29. The number of halogens is 3. The van der Waals surface area contributed by atoms with Crippen LogP contribution in [0.5, 0.6) is 0 Å². The summed E-state index contributed by atoms with van der Waals surface area (Å²) in [7, 11) is -5.03. The highest BCUT2D eigenvalue weighted by atomic mass is 32.2. The highest BCUT2D eigenvalue weighted by Crippen LogP contribution is 2.38. The highest BCUT2D eigenvalue weighted by molar-refractivity contribution is 7.85. The van der Waals surface area contributed by atoms with E-state index in [2.05, 4.69) is 4.74 Å². The Hall–Kier alpha value is -1.36. The van der Waals surface area contributed by atoms with Gasteiger partial charge in [0.2, 0.25) is 6.10 Å². The van der Waals surface area contributed by atoms with Crippen molar-refractivity contribution in [2.75, 3.05) is 5.75 Å². The Bertz CT molecular complexity index is 683. The summed E-state index contributed by atoms with van der Waals surface area (Å²) in [6.45, 7) is 1.79. The number of carbonyl (C=O) groups is 2. The molecule has 2 rings (SSSR count). The standard InChI is InChI=1S/C17H25F3O7S/c1-16(8-4-5-9-16)27-15(22)12-7-3-2-6-11(12)14(21)26-13(17(18,19)20)10-28(23,24)25/h11-13H,2-10H2,1H3,(H,23,24,25). The number of carbonyl (C=O) groups excluding carboxylic acids is 2. The van der Waals surface area contributed by atoms with Gasteiger partial charge >= 0.3 is 18.1 Å². The second kappa shape index (κ2) is 8.56. The first-order valence-electron chi connectivity index (χ1n) is 9.26. The van der Waals surface area contributed by atoms with Crippen molar-refractivity contribution in [3.63, 3.8) is 0 Å². The molecule has 0 heterocycles. The number of hydrogen-bond acceptors (Lipinski definition) is 6. The van der Waals surface area contributed by atoms with Gasteiger partial charge in [0, 0.05) is 0 Å². The van der Waals surface area contributed by atoms with Crippen LogP contribution in [0.2, 0.25) is 0 Å². The van der Waals surface area contributed by atoms with Crippen molar-refractivity contribution in [1.82, 2.24) is 0 Å². The first-order chi connectivity index (χ1) is 12.8. The number of esters is 2. The molecular weight excluding hydrogens is 405 g/mol. The van der Waals surface area contributed by atoms with Gasteiger partial charge in [0.1, 0.15) is 11.4 Å². The smallest absolute Gasteiger partial charge is 0.426 e. The van der Waals surface area contributed by atoms with Crippen LogP contribution in [0.25, 0.3) is 0 Å². The van der Waals surface area contributed by atoms with E-state index in [0.29, 0.717) is 25.7 Å². The van der Waals surface area contributed by atoms with Crippen molar-refractivity contribution < 1.29 is 45.2 Å². The SMILES string of the molecule is CC1(OC(=O)C2CCCCC2C(=O)OC(CS(=O)(=O)O)C(F)(F)F)CCCC1. The zero-order valence-electron chi connectivity index (χ0n) is 15.5. The maximum atomic E-state index is 13.0. The number of hydrogen-bond donors (Lipinski definition) is 1. The third-order valence-corrected chi connectivity index (χ3v) is 6.09. The molecule has 2 aliphatic carbocycles. The monoisotopic (exact) mass is 430 g/mol. The van der Waals surface area contributed by atoms with E-state index in [-0.39, 0.29) is 12.8 Å². The molecule has 0 aromatic carbocycles. The molecule has 0 spiro atoms. The molecule has 28 heavy (non-hydrogen) atoms. The summed E-state index contributed by atoms with van der Waals surface area (Å²) < 4.78 is 79.4. The summed E-state index contributed by atoms with van der Waals surface area (Å²) in [6.07, 6.45) is -3.42. The second-order valence-electron chi connectivity index (χ2n) is 7.79. The molecule has 2 aliphatic rings. The lowest BCUT2D eigenvalue weighted by atomic mass is 9.79. The van der Waals surface area contributed by atoms with Gasteiger partial charge in [0.25, 0.3) is 10.1 Å². The Labute approximate surface area is 161 Å². The lowest BCUT2D eigenvalue weighted by molar-refractivity contribution is -0.219. The molecule has 3 atom stereocenters. The molecule has 2 fully saturated rings. The lowest BCUT2D eigenvalue weighted by Crippen LogP contribution is -2.44. The van der Waals surface area contributed by atoms with Crippen LogP contribution >= 0.6 is 0 Å². The summed E-state index contributed by atoms with van der Waals surface area (Å²) in [5, 5.41) is 0. The van der Waals surface area contributed by atoms with Crippen molar-refractivity contribution in [3.05, 3.63) is 0 Å². The molecule has 162 valence electrons. The molecule has 0 amide bonds. The molecular formula is C17H25F3O7S. The van der Waals surface area contributed by atoms with Crippen molar-refractivity contribution in [1.29, 1.82) is 0 Å². The Morgan fingerprint density at radius 2 is 1.57 bits per heavy atom. The Balaban J connectivity index is 2.10. The molecule has 0 saturated heterocycles. The van der Waals surface area contributed by atoms with Crippen LogP contribution in [0.15, 0.2) is 0 Å². The summed E-state index contributed by atoms with van der Waals surface area (Å²) in [4.78, 5) is 25.0. The Kier molecular flexibility index (Phi) is 7.01. The van der Waals surface area contributed by atoms with E-state index < -0.39 is 57.5 Å². The van der Waals surface area contributed by atoms with Gasteiger partial charge in [0.05, 0.1) is 11.8 Å². The highest BCUT2D eigenvalue weighted by Gasteiger charge is 2.48. The van der Waals surface area contributed by atoms with Crippen LogP contribution in [0, 0.1) is 11.8 Å². The predicted molar refractivity (Wildman–Crippen MR) is 90.8 cm³/mol. The third kappa shape index (κ3) is 6.33. The summed E-state index contributed by atoms with van der Waals surface area (Å²) in [6, 6.07) is 0. The van der Waals surface area contributed by atoms with Crippen molar-refractivity contribution in [2.24, 2.45) is 11.8 Å². The van der Waals surface area contributed by atoms with E-state index in [0.717, 1.165) is 12.8 Å². The Morgan fingerprint density at radius 3 is 2.04 bits per heavy atom. The maximum absolute atomic E-state index is 13.0. The fraction of sp³-hybridized carbons (Fsp3) is 0.882. The molecule has 0 aromatic rings. The summed E-state index contributed by atoms with van der Waals surface area (Å²) >= 11 is 0. The van der Waals surface area contributed by atoms with Crippen LogP contribution in [0.4, 0.5) is 13.2 Å². The minimum atomic E-state index is -5.17. The van der Waals surface area contributed by atoms with E-state index in [9.17, 15) is 31.2 Å². The van der Waals surface area contributed by atoms with Gasteiger partial charge in [0.15, 0.2) is 0 Å². The average molecular weight is 430 g/mol. The average Bonchev–Trinajstić information content (AvgIpc) is 2.98. The van der Waals surface area contributed by atoms with Crippen LogP contribution in [0.3, 0.4) is 0 Å². The lowest BCUT2D eigenvalue weighted by Gasteiger charge is -2.33. The molecule has 7 nitrogen and oxygen atoms in total. The minimum Gasteiger partial charge on any atom is -0.459 e. The molecule has 2 saturated carbocycles. The van der Waals surface area contributed by atoms with Gasteiger partial charge in [-0.05, 0) is 45.4 Å². The zero-order chi connectivity index (χ0) is 21.2. The molecule has 1 N–H and O–H groups in total. The van der Waals surface area contributed by atoms with Crippen molar-refractivity contribution in [3.8, 4) is 0 Å². The summed E-state index contributed by atoms with van der Waals surface area (Å²) in [5.74, 6) is -5.80. The fourth-order valence-electron chi connectivity index (χ4n) is 3.85. The van der Waals surface area contributed by atoms with E-state index in [4.69, 9.17) is 9.29 Å².